The number of sulfonamides is 1. The van der Waals surface area contributed by atoms with Crippen LogP contribution in [0.15, 0.2) is 83.8 Å². The maximum absolute atomic E-state index is 12.5. The zero-order valence-electron chi connectivity index (χ0n) is 16.1. The standard InChI is InChI=1S/C22H22N2O4S/c1-16(17-10-14-20(28-2)15-11-17)23-22(25)18-8-12-19(13-9-18)24-29(26,27)21-6-4-3-5-7-21/h3-16,24H,1-2H3,(H,23,25)/t16-/m1/s1. The lowest BCUT2D eigenvalue weighted by molar-refractivity contribution is 0.0940. The second-order valence-corrected chi connectivity index (χ2v) is 8.15. The van der Waals surface area contributed by atoms with Gasteiger partial charge >= 0.3 is 0 Å². The van der Waals surface area contributed by atoms with E-state index in [2.05, 4.69) is 10.0 Å². The average molecular weight is 410 g/mol. The highest BCUT2D eigenvalue weighted by atomic mass is 32.2. The Kier molecular flexibility index (Phi) is 6.19. The summed E-state index contributed by atoms with van der Waals surface area (Å²) in [6, 6.07) is 21.7. The molecule has 0 bridgehead atoms. The molecule has 7 heteroatoms. The molecule has 0 heterocycles. The summed E-state index contributed by atoms with van der Waals surface area (Å²) in [5.41, 5.74) is 1.77. The lowest BCUT2D eigenvalue weighted by atomic mass is 10.1. The molecule has 29 heavy (non-hydrogen) atoms. The number of ether oxygens (including phenoxy) is 1. The first-order chi connectivity index (χ1) is 13.9. The number of anilines is 1. The van der Waals surface area contributed by atoms with Gasteiger partial charge in [-0.25, -0.2) is 8.42 Å². The van der Waals surface area contributed by atoms with E-state index < -0.39 is 10.0 Å². The average Bonchev–Trinajstić information content (AvgIpc) is 2.74. The zero-order chi connectivity index (χ0) is 20.9. The molecule has 0 saturated carbocycles. The van der Waals surface area contributed by atoms with Crippen LogP contribution >= 0.6 is 0 Å². The summed E-state index contributed by atoms with van der Waals surface area (Å²) in [6.07, 6.45) is 0. The molecular formula is C22H22N2O4S. The van der Waals surface area contributed by atoms with Crippen molar-refractivity contribution in [1.29, 1.82) is 0 Å². The number of benzene rings is 3. The van der Waals surface area contributed by atoms with Crippen molar-refractivity contribution >= 4 is 21.6 Å². The van der Waals surface area contributed by atoms with Crippen molar-refractivity contribution in [3.8, 4) is 5.75 Å². The Morgan fingerprint density at radius 3 is 2.10 bits per heavy atom. The summed E-state index contributed by atoms with van der Waals surface area (Å²) in [4.78, 5) is 12.7. The van der Waals surface area contributed by atoms with Gasteiger partial charge in [-0.15, -0.1) is 0 Å². The maximum atomic E-state index is 12.5. The Morgan fingerprint density at radius 1 is 0.897 bits per heavy atom. The minimum Gasteiger partial charge on any atom is -0.497 e. The second kappa shape index (κ2) is 8.79. The highest BCUT2D eigenvalue weighted by molar-refractivity contribution is 7.92. The van der Waals surface area contributed by atoms with Crippen molar-refractivity contribution < 1.29 is 17.9 Å². The minimum absolute atomic E-state index is 0.176. The van der Waals surface area contributed by atoms with Gasteiger partial charge < -0.3 is 10.1 Å². The summed E-state index contributed by atoms with van der Waals surface area (Å²) in [5.74, 6) is 0.506. The largest absolute Gasteiger partial charge is 0.497 e. The lowest BCUT2D eigenvalue weighted by Crippen LogP contribution is -2.26. The number of carbonyl (C=O) groups is 1. The van der Waals surface area contributed by atoms with Crippen LogP contribution in [-0.4, -0.2) is 21.4 Å². The quantitative estimate of drug-likeness (QED) is 0.617. The normalized spacial score (nSPS) is 12.1. The molecule has 0 aliphatic carbocycles. The fourth-order valence-electron chi connectivity index (χ4n) is 2.76. The van der Waals surface area contributed by atoms with E-state index in [1.54, 1.807) is 49.6 Å². The van der Waals surface area contributed by atoms with Crippen LogP contribution in [0.3, 0.4) is 0 Å². The summed E-state index contributed by atoms with van der Waals surface area (Å²) >= 11 is 0. The van der Waals surface area contributed by atoms with Crippen LogP contribution in [-0.2, 0) is 10.0 Å². The van der Waals surface area contributed by atoms with Gasteiger partial charge in [0.2, 0.25) is 0 Å². The summed E-state index contributed by atoms with van der Waals surface area (Å²) in [7, 11) is -2.07. The molecule has 3 aromatic carbocycles. The van der Waals surface area contributed by atoms with Gasteiger partial charge in [0.25, 0.3) is 15.9 Å². The summed E-state index contributed by atoms with van der Waals surface area (Å²) < 4.78 is 32.4. The molecule has 0 aromatic heterocycles. The van der Waals surface area contributed by atoms with E-state index >= 15 is 0 Å². The van der Waals surface area contributed by atoms with Crippen LogP contribution in [0, 0.1) is 0 Å². The third-order valence-electron chi connectivity index (χ3n) is 4.42. The van der Waals surface area contributed by atoms with Gasteiger partial charge in [0.15, 0.2) is 0 Å². The number of amides is 1. The van der Waals surface area contributed by atoms with E-state index in [9.17, 15) is 13.2 Å². The van der Waals surface area contributed by atoms with Crippen LogP contribution in [0.2, 0.25) is 0 Å². The van der Waals surface area contributed by atoms with E-state index in [-0.39, 0.29) is 16.8 Å². The zero-order valence-corrected chi connectivity index (χ0v) is 16.9. The van der Waals surface area contributed by atoms with E-state index in [0.29, 0.717) is 11.3 Å². The van der Waals surface area contributed by atoms with Gasteiger partial charge in [0.1, 0.15) is 5.75 Å². The predicted molar refractivity (Wildman–Crippen MR) is 113 cm³/mol. The second-order valence-electron chi connectivity index (χ2n) is 6.46. The molecule has 6 nitrogen and oxygen atoms in total. The molecule has 0 aliphatic rings. The van der Waals surface area contributed by atoms with E-state index in [4.69, 9.17) is 4.74 Å². The molecule has 0 saturated heterocycles. The molecule has 2 N–H and O–H groups in total. The first kappa shape index (κ1) is 20.4. The van der Waals surface area contributed by atoms with E-state index in [0.717, 1.165) is 11.3 Å². The Bertz CT molecular complexity index is 1060. The third-order valence-corrected chi connectivity index (χ3v) is 5.81. The number of hydrogen-bond donors (Lipinski definition) is 2. The first-order valence-corrected chi connectivity index (χ1v) is 10.5. The van der Waals surface area contributed by atoms with Crippen LogP contribution in [0.25, 0.3) is 0 Å². The van der Waals surface area contributed by atoms with Gasteiger partial charge in [-0.1, -0.05) is 30.3 Å². The van der Waals surface area contributed by atoms with Crippen LogP contribution in [0.5, 0.6) is 5.75 Å². The van der Waals surface area contributed by atoms with Crippen molar-refractivity contribution in [1.82, 2.24) is 5.32 Å². The van der Waals surface area contributed by atoms with Crippen LogP contribution in [0.4, 0.5) is 5.69 Å². The highest BCUT2D eigenvalue weighted by Gasteiger charge is 2.15. The first-order valence-electron chi connectivity index (χ1n) is 9.02. The fraction of sp³-hybridized carbons (Fsp3) is 0.136. The fourth-order valence-corrected chi connectivity index (χ4v) is 3.84. The maximum Gasteiger partial charge on any atom is 0.261 e. The highest BCUT2D eigenvalue weighted by Crippen LogP contribution is 2.19. The molecule has 150 valence electrons. The summed E-state index contributed by atoms with van der Waals surface area (Å²) in [5, 5.41) is 2.93. The van der Waals surface area contributed by atoms with Crippen molar-refractivity contribution in [2.45, 2.75) is 17.9 Å². The molecular weight excluding hydrogens is 388 g/mol. The molecule has 3 rings (SSSR count). The molecule has 1 amide bonds. The van der Waals surface area contributed by atoms with Gasteiger partial charge in [-0.2, -0.15) is 0 Å². The monoisotopic (exact) mass is 410 g/mol. The molecule has 0 spiro atoms. The third kappa shape index (κ3) is 5.14. The number of nitrogens with one attached hydrogen (secondary N) is 2. The Hall–Kier alpha value is -3.32. The smallest absolute Gasteiger partial charge is 0.261 e. The minimum atomic E-state index is -3.67. The van der Waals surface area contributed by atoms with Crippen LogP contribution < -0.4 is 14.8 Å². The van der Waals surface area contributed by atoms with Crippen molar-refractivity contribution in [2.24, 2.45) is 0 Å². The molecule has 0 radical (unpaired) electrons. The number of rotatable bonds is 7. The number of carbonyl (C=O) groups excluding carboxylic acids is 1. The number of hydrogen-bond acceptors (Lipinski definition) is 4. The van der Waals surface area contributed by atoms with Gasteiger partial charge in [-0.05, 0) is 61.0 Å². The van der Waals surface area contributed by atoms with Crippen LogP contribution in [0.1, 0.15) is 28.9 Å². The molecule has 0 unspecified atom stereocenters. The van der Waals surface area contributed by atoms with Crippen molar-refractivity contribution in [3.63, 3.8) is 0 Å². The molecule has 3 aromatic rings. The Balaban J connectivity index is 1.65. The topological polar surface area (TPSA) is 84.5 Å². The SMILES string of the molecule is COc1ccc([C@@H](C)NC(=O)c2ccc(NS(=O)(=O)c3ccccc3)cc2)cc1. The molecule has 1 atom stereocenters. The summed E-state index contributed by atoms with van der Waals surface area (Å²) in [6.45, 7) is 1.89. The Morgan fingerprint density at radius 2 is 1.52 bits per heavy atom. The van der Waals surface area contributed by atoms with Gasteiger partial charge in [0, 0.05) is 11.3 Å². The van der Waals surface area contributed by atoms with E-state index in [1.807, 2.05) is 31.2 Å². The van der Waals surface area contributed by atoms with Crippen molar-refractivity contribution in [3.05, 3.63) is 90.0 Å². The van der Waals surface area contributed by atoms with Gasteiger partial charge in [-0.3, -0.25) is 9.52 Å². The number of methoxy groups -OCH3 is 1. The van der Waals surface area contributed by atoms with E-state index in [1.165, 1.54) is 12.1 Å². The lowest BCUT2D eigenvalue weighted by Gasteiger charge is -2.15. The van der Waals surface area contributed by atoms with Gasteiger partial charge in [0.05, 0.1) is 18.0 Å². The molecule has 0 fully saturated rings. The predicted octanol–water partition coefficient (Wildman–Crippen LogP) is 3.99. The molecule has 0 aliphatic heterocycles. The van der Waals surface area contributed by atoms with Crippen molar-refractivity contribution in [2.75, 3.05) is 11.8 Å². The Labute approximate surface area is 170 Å².